The average Bonchev–Trinajstić information content (AvgIpc) is 3.10. The molecule has 16 heteroatoms. The van der Waals surface area contributed by atoms with Gasteiger partial charge in [-0.1, -0.05) is 35.3 Å². The van der Waals surface area contributed by atoms with E-state index in [1.807, 2.05) is 6.07 Å². The van der Waals surface area contributed by atoms with E-state index < -0.39 is 69.3 Å². The Bertz CT molecular complexity index is 2170. The highest BCUT2D eigenvalue weighted by Crippen LogP contribution is 2.49. The average molecular weight is 792 g/mol. The van der Waals surface area contributed by atoms with E-state index in [9.17, 15) is 65.7 Å². The Hall–Kier alpha value is -5.25. The van der Waals surface area contributed by atoms with Crippen LogP contribution >= 0.6 is 23.2 Å². The van der Waals surface area contributed by atoms with Gasteiger partial charge in [-0.2, -0.15) is 47.4 Å². The summed E-state index contributed by atoms with van der Waals surface area (Å²) in [5.74, 6) is -2.87. The van der Waals surface area contributed by atoms with Crippen molar-refractivity contribution >= 4 is 23.2 Å². The molecule has 0 amide bonds. The van der Waals surface area contributed by atoms with Gasteiger partial charge in [0.05, 0.1) is 61.7 Å². The van der Waals surface area contributed by atoms with Crippen LogP contribution in [0.2, 0.25) is 10.0 Å². The standard InChI is InChI=1S/C19H10ClF5N2.C19H11ClF4N2O/c20-18-14(8-27)11(1-3-15(18)19(23,24)25)12-2-4-16(22)13-6-10(21)5-9(7-26)17(12)13;20-18-14(8-26)11(1-3-15(18)19(22,23)24)12-2-4-16(27)13-6-10(21)5-9(7-25)17(12)13/h1,3,5-6,12,16H,2,4H2;1,3,5-6,12,16,27H,2,4H2/t12-,16-;12-,16+/m11/s1. The van der Waals surface area contributed by atoms with E-state index >= 15 is 0 Å². The summed E-state index contributed by atoms with van der Waals surface area (Å²) >= 11 is 11.7. The molecule has 1 N–H and O–H groups in total. The number of nitriles is 4. The van der Waals surface area contributed by atoms with Crippen LogP contribution in [0.3, 0.4) is 0 Å². The van der Waals surface area contributed by atoms with Gasteiger partial charge in [0.2, 0.25) is 0 Å². The maximum absolute atomic E-state index is 14.3. The van der Waals surface area contributed by atoms with Crippen LogP contribution in [0.25, 0.3) is 0 Å². The third-order valence-corrected chi connectivity index (χ3v) is 10.1. The fraction of sp³-hybridized carbons (Fsp3) is 0.263. The van der Waals surface area contributed by atoms with E-state index in [1.54, 1.807) is 18.2 Å². The molecule has 4 aromatic carbocycles. The number of benzene rings is 4. The van der Waals surface area contributed by atoms with Crippen molar-refractivity contribution in [2.45, 2.75) is 62.1 Å². The largest absolute Gasteiger partial charge is 0.417 e. The smallest absolute Gasteiger partial charge is 0.388 e. The summed E-state index contributed by atoms with van der Waals surface area (Å²) in [6.07, 6.45) is -11.4. The minimum atomic E-state index is -4.74. The van der Waals surface area contributed by atoms with Crippen LogP contribution in [0.4, 0.5) is 39.5 Å². The Balaban J connectivity index is 0.000000208. The number of rotatable bonds is 2. The SMILES string of the molecule is N#Cc1cc(F)cc2c1[C@@H](c1ccc(C(F)(F)F)c(Cl)c1C#N)CC[C@@H]2O.N#Cc1cc(F)cc2c1[C@@H](c1ccc(C(F)(F)F)c(Cl)c1C#N)CC[C@H]2F. The van der Waals surface area contributed by atoms with Gasteiger partial charge in [-0.15, -0.1) is 0 Å². The van der Waals surface area contributed by atoms with Crippen LogP contribution in [0, 0.1) is 57.0 Å². The van der Waals surface area contributed by atoms with E-state index in [-0.39, 0.29) is 75.8 Å². The number of aliphatic hydroxyl groups is 1. The first-order valence-electron chi connectivity index (χ1n) is 15.8. The predicted molar refractivity (Wildman–Crippen MR) is 176 cm³/mol. The maximum atomic E-state index is 14.3. The molecule has 0 bridgehead atoms. The molecule has 276 valence electrons. The van der Waals surface area contributed by atoms with Crippen LogP contribution in [-0.2, 0) is 12.4 Å². The first-order chi connectivity index (χ1) is 25.4. The number of fused-ring (bicyclic) bond motifs is 2. The van der Waals surface area contributed by atoms with Gasteiger partial charge >= 0.3 is 12.4 Å². The maximum Gasteiger partial charge on any atom is 0.417 e. The van der Waals surface area contributed by atoms with Gasteiger partial charge in [-0.05, 0) is 95.5 Å². The lowest BCUT2D eigenvalue weighted by atomic mass is 9.74. The summed E-state index contributed by atoms with van der Waals surface area (Å²) in [6, 6.07) is 14.9. The second-order valence-electron chi connectivity index (χ2n) is 12.4. The number of halogens is 11. The quantitative estimate of drug-likeness (QED) is 0.203. The van der Waals surface area contributed by atoms with Gasteiger partial charge < -0.3 is 5.11 Å². The Morgan fingerprint density at radius 1 is 0.574 bits per heavy atom. The third-order valence-electron chi connectivity index (χ3n) is 9.36. The topological polar surface area (TPSA) is 115 Å². The van der Waals surface area contributed by atoms with Crippen molar-refractivity contribution in [3.63, 3.8) is 0 Å². The van der Waals surface area contributed by atoms with Crippen molar-refractivity contribution < 1.29 is 44.6 Å². The number of nitrogens with zero attached hydrogens (tertiary/aromatic N) is 4. The predicted octanol–water partition coefficient (Wildman–Crippen LogP) is 11.4. The van der Waals surface area contributed by atoms with Crippen molar-refractivity contribution in [1.82, 2.24) is 0 Å². The van der Waals surface area contributed by atoms with Gasteiger partial charge in [0.15, 0.2) is 0 Å². The Morgan fingerprint density at radius 3 is 1.39 bits per heavy atom. The highest BCUT2D eigenvalue weighted by Gasteiger charge is 2.39. The molecule has 0 heterocycles. The highest BCUT2D eigenvalue weighted by atomic mass is 35.5. The van der Waals surface area contributed by atoms with E-state index in [2.05, 4.69) is 0 Å². The lowest BCUT2D eigenvalue weighted by molar-refractivity contribution is -0.138. The van der Waals surface area contributed by atoms with E-state index in [0.717, 1.165) is 48.5 Å². The molecule has 2 aliphatic rings. The van der Waals surface area contributed by atoms with Crippen molar-refractivity contribution in [2.75, 3.05) is 0 Å². The van der Waals surface area contributed by atoms with Gasteiger partial charge in [-0.3, -0.25) is 0 Å². The molecule has 0 saturated carbocycles. The fourth-order valence-electron chi connectivity index (χ4n) is 7.06. The van der Waals surface area contributed by atoms with Crippen molar-refractivity contribution in [1.29, 1.82) is 21.0 Å². The van der Waals surface area contributed by atoms with E-state index in [4.69, 9.17) is 23.2 Å². The third kappa shape index (κ3) is 7.43. The molecular weight excluding hydrogens is 770 g/mol. The highest BCUT2D eigenvalue weighted by molar-refractivity contribution is 6.33. The second kappa shape index (κ2) is 15.2. The molecule has 0 fully saturated rings. The van der Waals surface area contributed by atoms with Crippen LogP contribution in [-0.4, -0.2) is 5.11 Å². The van der Waals surface area contributed by atoms with Gasteiger partial charge in [-0.25, -0.2) is 13.2 Å². The van der Waals surface area contributed by atoms with Crippen LogP contribution in [0.5, 0.6) is 0 Å². The minimum absolute atomic E-state index is 0.0184. The zero-order valence-corrected chi connectivity index (χ0v) is 28.7. The van der Waals surface area contributed by atoms with Gasteiger partial charge in [0.25, 0.3) is 0 Å². The summed E-state index contributed by atoms with van der Waals surface area (Å²) in [5.41, 5.74) is -2.10. The van der Waals surface area contributed by atoms with Gasteiger partial charge in [0, 0.05) is 11.8 Å². The molecule has 0 saturated heterocycles. The molecule has 4 atom stereocenters. The summed E-state index contributed by atoms with van der Waals surface area (Å²) < 4.78 is 120. The van der Waals surface area contributed by atoms with Crippen LogP contribution in [0.1, 0.15) is 117 Å². The molecule has 54 heavy (non-hydrogen) atoms. The van der Waals surface area contributed by atoms with E-state index in [0.29, 0.717) is 5.56 Å². The number of hydrogen-bond donors (Lipinski definition) is 1. The molecule has 0 aliphatic heterocycles. The summed E-state index contributed by atoms with van der Waals surface area (Å²) in [4.78, 5) is 0. The normalized spacial score (nSPS) is 19.1. The first-order valence-corrected chi connectivity index (χ1v) is 16.5. The molecule has 0 spiro atoms. The van der Waals surface area contributed by atoms with Crippen LogP contribution in [0.15, 0.2) is 48.5 Å². The first kappa shape index (κ1) is 39.9. The number of aliphatic hydroxyl groups excluding tert-OH is 1. The zero-order valence-electron chi connectivity index (χ0n) is 27.2. The molecule has 4 aromatic rings. The monoisotopic (exact) mass is 790 g/mol. The van der Waals surface area contributed by atoms with Crippen LogP contribution < -0.4 is 0 Å². The molecular formula is C38H21Cl2F9N4O. The Morgan fingerprint density at radius 2 is 0.981 bits per heavy atom. The van der Waals surface area contributed by atoms with Crippen molar-refractivity contribution in [3.8, 4) is 24.3 Å². The van der Waals surface area contributed by atoms with Crippen molar-refractivity contribution in [2.24, 2.45) is 0 Å². The lowest BCUT2D eigenvalue weighted by Crippen LogP contribution is -2.19. The van der Waals surface area contributed by atoms with Gasteiger partial charge in [0.1, 0.15) is 29.9 Å². The molecule has 2 aliphatic carbocycles. The minimum Gasteiger partial charge on any atom is -0.388 e. The molecule has 0 unspecified atom stereocenters. The lowest BCUT2D eigenvalue weighted by Gasteiger charge is -2.31. The number of hydrogen-bond acceptors (Lipinski definition) is 5. The molecule has 0 radical (unpaired) electrons. The summed E-state index contributed by atoms with van der Waals surface area (Å²) in [6.45, 7) is 0. The zero-order chi connectivity index (χ0) is 39.9. The fourth-order valence-corrected chi connectivity index (χ4v) is 7.71. The molecule has 0 aromatic heterocycles. The second-order valence-corrected chi connectivity index (χ2v) is 13.1. The summed E-state index contributed by atoms with van der Waals surface area (Å²) in [5, 5.41) is 46.2. The molecule has 5 nitrogen and oxygen atoms in total. The summed E-state index contributed by atoms with van der Waals surface area (Å²) in [7, 11) is 0. The number of alkyl halides is 7. The Labute approximate surface area is 311 Å². The van der Waals surface area contributed by atoms with Crippen molar-refractivity contribution in [3.05, 3.63) is 137 Å². The van der Waals surface area contributed by atoms with E-state index in [1.165, 1.54) is 0 Å². The molecule has 6 rings (SSSR count). The Kier molecular flexibility index (Phi) is 11.3.